The van der Waals surface area contributed by atoms with Crippen molar-refractivity contribution in [2.75, 3.05) is 5.75 Å². The number of carbonyl (C=O) groups excluding carboxylic acids is 1. The molecule has 1 saturated carbocycles. The zero-order chi connectivity index (χ0) is 17.6. The van der Waals surface area contributed by atoms with Gasteiger partial charge in [0.2, 0.25) is 5.91 Å². The van der Waals surface area contributed by atoms with E-state index >= 15 is 0 Å². The number of rotatable bonds is 6. The number of amides is 1. The molecule has 1 fully saturated rings. The topological polar surface area (TPSA) is 87.0 Å². The van der Waals surface area contributed by atoms with E-state index in [1.807, 2.05) is 6.92 Å². The molecule has 6 heteroatoms. The lowest BCUT2D eigenvalue weighted by atomic mass is 9.74. The fourth-order valence-electron chi connectivity index (χ4n) is 3.12. The summed E-state index contributed by atoms with van der Waals surface area (Å²) in [4.78, 5) is 12.9. The van der Waals surface area contributed by atoms with E-state index < -0.39 is 21.3 Å². The first-order valence-electron chi connectivity index (χ1n) is 8.43. The fourth-order valence-corrected chi connectivity index (χ4v) is 4.73. The van der Waals surface area contributed by atoms with Crippen LogP contribution in [0.5, 0.6) is 0 Å². The molecule has 1 aromatic carbocycles. The van der Waals surface area contributed by atoms with Crippen LogP contribution in [0.3, 0.4) is 0 Å². The van der Waals surface area contributed by atoms with Crippen molar-refractivity contribution in [3.8, 4) is 6.07 Å². The van der Waals surface area contributed by atoms with Crippen molar-refractivity contribution < 1.29 is 13.2 Å². The van der Waals surface area contributed by atoms with E-state index in [-0.39, 0.29) is 16.6 Å². The van der Waals surface area contributed by atoms with Gasteiger partial charge < -0.3 is 5.32 Å². The predicted molar refractivity (Wildman–Crippen MR) is 91.8 cm³/mol. The van der Waals surface area contributed by atoms with Gasteiger partial charge in [0.25, 0.3) is 0 Å². The third kappa shape index (κ3) is 4.15. The zero-order valence-corrected chi connectivity index (χ0v) is 14.8. The molecule has 0 saturated heterocycles. The summed E-state index contributed by atoms with van der Waals surface area (Å²) < 4.78 is 25.0. The summed E-state index contributed by atoms with van der Waals surface area (Å²) >= 11 is 0. The Bertz CT molecular complexity index is 702. The van der Waals surface area contributed by atoms with E-state index in [0.717, 1.165) is 19.3 Å². The largest absolute Gasteiger partial charge is 0.351 e. The van der Waals surface area contributed by atoms with Gasteiger partial charge in [0.15, 0.2) is 9.84 Å². The minimum absolute atomic E-state index is 0.152. The number of carbonyl (C=O) groups is 1. The highest BCUT2D eigenvalue weighted by atomic mass is 32.2. The zero-order valence-electron chi connectivity index (χ0n) is 14.0. The number of sulfone groups is 1. The SMILES string of the molecule is CC[C@H](CS(=O)(=O)c1ccccc1)NC(=O)C1(C#N)CCCCC1. The van der Waals surface area contributed by atoms with Crippen molar-refractivity contribution in [1.29, 1.82) is 5.26 Å². The maximum absolute atomic E-state index is 12.6. The van der Waals surface area contributed by atoms with E-state index in [4.69, 9.17) is 0 Å². The monoisotopic (exact) mass is 348 g/mol. The van der Waals surface area contributed by atoms with Crippen LogP contribution in [0.2, 0.25) is 0 Å². The van der Waals surface area contributed by atoms with Crippen molar-refractivity contribution >= 4 is 15.7 Å². The van der Waals surface area contributed by atoms with Crippen LogP contribution >= 0.6 is 0 Å². The summed E-state index contributed by atoms with van der Waals surface area (Å²) in [6, 6.07) is 9.92. The lowest BCUT2D eigenvalue weighted by Crippen LogP contribution is -2.48. The Hall–Kier alpha value is -1.87. The van der Waals surface area contributed by atoms with Crippen LogP contribution in [-0.4, -0.2) is 26.1 Å². The highest BCUT2D eigenvalue weighted by Gasteiger charge is 2.40. The molecule has 130 valence electrons. The molecule has 1 N–H and O–H groups in total. The third-order valence-corrected chi connectivity index (χ3v) is 6.54. The van der Waals surface area contributed by atoms with Gasteiger partial charge in [-0.1, -0.05) is 44.4 Å². The second-order valence-corrected chi connectivity index (χ2v) is 8.46. The van der Waals surface area contributed by atoms with Gasteiger partial charge in [-0.25, -0.2) is 8.42 Å². The van der Waals surface area contributed by atoms with Crippen molar-refractivity contribution in [1.82, 2.24) is 5.32 Å². The number of hydrogen-bond acceptors (Lipinski definition) is 4. The Labute approximate surface area is 144 Å². The molecular formula is C18H24N2O3S. The molecule has 24 heavy (non-hydrogen) atoms. The Kier molecular flexibility index (Phi) is 6.00. The van der Waals surface area contributed by atoms with Crippen LogP contribution in [0, 0.1) is 16.7 Å². The molecule has 0 aromatic heterocycles. The minimum Gasteiger partial charge on any atom is -0.351 e. The van der Waals surface area contributed by atoms with E-state index in [1.54, 1.807) is 30.3 Å². The molecule has 1 amide bonds. The summed E-state index contributed by atoms with van der Waals surface area (Å²) in [5, 5.41) is 12.3. The molecule has 1 aliphatic rings. The summed E-state index contributed by atoms with van der Waals surface area (Å²) in [7, 11) is -3.47. The fraction of sp³-hybridized carbons (Fsp3) is 0.556. The number of nitriles is 1. The third-order valence-electron chi connectivity index (χ3n) is 4.71. The molecule has 0 bridgehead atoms. The van der Waals surface area contributed by atoms with E-state index in [1.165, 1.54) is 0 Å². The lowest BCUT2D eigenvalue weighted by Gasteiger charge is -2.31. The number of hydrogen-bond donors (Lipinski definition) is 1. The van der Waals surface area contributed by atoms with Gasteiger partial charge in [-0.05, 0) is 31.4 Å². The van der Waals surface area contributed by atoms with Crippen LogP contribution in [-0.2, 0) is 14.6 Å². The highest BCUT2D eigenvalue weighted by Crippen LogP contribution is 2.36. The molecule has 0 unspecified atom stereocenters. The standard InChI is InChI=1S/C18H24N2O3S/c1-2-15(13-24(22,23)16-9-5-3-6-10-16)20-17(21)18(14-19)11-7-4-8-12-18/h3,5-6,9-10,15H,2,4,7-8,11-13H2,1H3,(H,20,21)/t15-/m1/s1. The molecular weight excluding hydrogens is 324 g/mol. The van der Waals surface area contributed by atoms with E-state index in [2.05, 4.69) is 11.4 Å². The Morgan fingerprint density at radius 1 is 1.25 bits per heavy atom. The second-order valence-electron chi connectivity index (χ2n) is 6.43. The Morgan fingerprint density at radius 3 is 2.42 bits per heavy atom. The van der Waals surface area contributed by atoms with Crippen molar-refractivity contribution in [2.45, 2.75) is 56.4 Å². The second kappa shape index (κ2) is 7.80. The summed E-state index contributed by atoms with van der Waals surface area (Å²) in [6.45, 7) is 1.84. The lowest BCUT2D eigenvalue weighted by molar-refractivity contribution is -0.130. The maximum Gasteiger partial charge on any atom is 0.240 e. The van der Waals surface area contributed by atoms with Crippen molar-refractivity contribution in [2.24, 2.45) is 5.41 Å². The Morgan fingerprint density at radius 2 is 1.88 bits per heavy atom. The van der Waals surface area contributed by atoms with Crippen LogP contribution < -0.4 is 5.32 Å². The first-order valence-corrected chi connectivity index (χ1v) is 10.1. The summed E-state index contributed by atoms with van der Waals surface area (Å²) in [5.74, 6) is -0.472. The molecule has 0 aliphatic heterocycles. The molecule has 0 heterocycles. The summed E-state index contributed by atoms with van der Waals surface area (Å²) in [5.41, 5.74) is -0.998. The van der Waals surface area contributed by atoms with Crippen LogP contribution in [0.4, 0.5) is 0 Å². The Balaban J connectivity index is 2.09. The maximum atomic E-state index is 12.6. The molecule has 0 radical (unpaired) electrons. The van der Waals surface area contributed by atoms with Crippen LogP contribution in [0.1, 0.15) is 45.4 Å². The average Bonchev–Trinajstić information content (AvgIpc) is 2.62. The molecule has 0 spiro atoms. The molecule has 1 atom stereocenters. The first kappa shape index (κ1) is 18.5. The van der Waals surface area contributed by atoms with E-state index in [9.17, 15) is 18.5 Å². The number of nitrogens with one attached hydrogen (secondary N) is 1. The average molecular weight is 348 g/mol. The first-order chi connectivity index (χ1) is 11.4. The van der Waals surface area contributed by atoms with Gasteiger partial charge in [-0.3, -0.25) is 4.79 Å². The van der Waals surface area contributed by atoms with E-state index in [0.29, 0.717) is 19.3 Å². The number of nitrogens with zero attached hydrogens (tertiary/aromatic N) is 1. The van der Waals surface area contributed by atoms with Gasteiger partial charge in [0, 0.05) is 6.04 Å². The minimum atomic E-state index is -3.47. The van der Waals surface area contributed by atoms with Gasteiger partial charge in [-0.15, -0.1) is 0 Å². The quantitative estimate of drug-likeness (QED) is 0.856. The molecule has 1 aliphatic carbocycles. The molecule has 5 nitrogen and oxygen atoms in total. The van der Waals surface area contributed by atoms with Crippen LogP contribution in [0.25, 0.3) is 0 Å². The van der Waals surface area contributed by atoms with Gasteiger partial charge in [0.05, 0.1) is 16.7 Å². The smallest absolute Gasteiger partial charge is 0.240 e. The molecule has 1 aromatic rings. The highest BCUT2D eigenvalue weighted by molar-refractivity contribution is 7.91. The van der Waals surface area contributed by atoms with Gasteiger partial charge in [-0.2, -0.15) is 5.26 Å². The van der Waals surface area contributed by atoms with Crippen LogP contribution in [0.15, 0.2) is 35.2 Å². The predicted octanol–water partition coefficient (Wildman–Crippen LogP) is 2.83. The normalized spacial score (nSPS) is 18.3. The van der Waals surface area contributed by atoms with Crippen molar-refractivity contribution in [3.63, 3.8) is 0 Å². The summed E-state index contributed by atoms with van der Waals surface area (Å²) in [6.07, 6.45) is 4.37. The number of benzene rings is 1. The molecule has 2 rings (SSSR count). The van der Waals surface area contributed by atoms with Gasteiger partial charge in [0.1, 0.15) is 5.41 Å². The van der Waals surface area contributed by atoms with Gasteiger partial charge >= 0.3 is 0 Å². The van der Waals surface area contributed by atoms with Crippen molar-refractivity contribution in [3.05, 3.63) is 30.3 Å².